The molecular weight excluding hydrogens is 932 g/mol. The van der Waals surface area contributed by atoms with Crippen LogP contribution in [0, 0.1) is 111 Å². The summed E-state index contributed by atoms with van der Waals surface area (Å²) in [5, 5.41) is -19.7. The Morgan fingerprint density at radius 1 is 0.273 bits per heavy atom. The first-order valence-electron chi connectivity index (χ1n) is 18.2. The van der Waals surface area contributed by atoms with E-state index in [1.165, 1.54) is 0 Å². The summed E-state index contributed by atoms with van der Waals surface area (Å²) in [5.74, 6) is -51.3. The molecule has 0 bridgehead atoms. The molecule has 0 unspecified atom stereocenters. The fourth-order valence-corrected chi connectivity index (χ4v) is 8.31. The van der Waals surface area contributed by atoms with E-state index in [9.17, 15) is 13.2 Å². The van der Waals surface area contributed by atoms with E-state index in [1.54, 1.807) is 0 Å². The SMILES string of the molecule is Fc1c(F)c(F)c2c(F)c3c(F)cccc3cc2c1OB(Oc1c(F)c(F)c2c(F)c(F)c3c(F)ccc4ccc1c2c43)c1c(F)c(F)c(F)c2c(F)c3c(F)c(F)c(F)c(F)c3c(F)c12. The fourth-order valence-electron chi connectivity index (χ4n) is 8.31. The number of fused-ring (bicyclic) bond motifs is 4. The molecule has 0 saturated heterocycles. The second kappa shape index (κ2) is 14.3. The minimum atomic E-state index is -3.74. The van der Waals surface area contributed by atoms with Crippen LogP contribution >= 0.6 is 0 Å². The average molecular weight is 940 g/mol. The zero-order valence-corrected chi connectivity index (χ0v) is 31.2. The Bertz CT molecular complexity index is 3900. The molecule has 0 aliphatic rings. The van der Waals surface area contributed by atoms with Crippen molar-refractivity contribution in [3.8, 4) is 11.5 Å². The third-order valence-corrected chi connectivity index (χ3v) is 11.2. The molecule has 0 amide bonds. The molecule has 0 aliphatic carbocycles. The van der Waals surface area contributed by atoms with E-state index in [0.29, 0.717) is 24.3 Å². The lowest BCUT2D eigenvalue weighted by Gasteiger charge is -2.24. The van der Waals surface area contributed by atoms with Gasteiger partial charge in [-0.15, -0.1) is 0 Å². The van der Waals surface area contributed by atoms with Gasteiger partial charge in [-0.3, -0.25) is 0 Å². The highest BCUT2D eigenvalue weighted by molar-refractivity contribution is 6.66. The van der Waals surface area contributed by atoms with Gasteiger partial charge in [0.2, 0.25) is 5.82 Å². The van der Waals surface area contributed by atoms with E-state index in [-0.39, 0.29) is 5.39 Å². The molecule has 0 saturated carbocycles. The highest BCUT2D eigenvalue weighted by Crippen LogP contribution is 2.47. The molecule has 0 fully saturated rings. The summed E-state index contributed by atoms with van der Waals surface area (Å²) < 4.78 is 307. The van der Waals surface area contributed by atoms with Gasteiger partial charge in [-0.25, -0.2) is 74.6 Å². The summed E-state index contributed by atoms with van der Waals surface area (Å²) in [6, 6.07) is 6.09. The van der Waals surface area contributed by atoms with E-state index in [0.717, 1.165) is 24.3 Å². The van der Waals surface area contributed by atoms with Crippen molar-refractivity contribution >= 4 is 88.0 Å². The second-order valence-corrected chi connectivity index (χ2v) is 14.5. The standard InChI is InChI=1S/C44H8BF19O2/c46-13-3-1-2-10-8-12-18(26(48)15(10)13)29(51)40(62)42(64)44(12)66-45(25-20-22(32(54)37(59)36(25)58)28(50)24-23(27(20)49)33(55)38(60)39(61)34(24)56)65-43-11-6-4-9-5-7-14(47)19-16(9)17(11)21(31(53)30(19)52)35(57)41(43)63/h1-8H. The molecule has 10 aromatic carbocycles. The molecule has 0 N–H and O–H groups in total. The van der Waals surface area contributed by atoms with Crippen LogP contribution in [0.4, 0.5) is 83.4 Å². The highest BCUT2D eigenvalue weighted by Gasteiger charge is 2.43. The lowest BCUT2D eigenvalue weighted by Crippen LogP contribution is -2.46. The van der Waals surface area contributed by atoms with E-state index >= 15 is 70.2 Å². The third kappa shape index (κ3) is 5.37. The Morgan fingerprint density at radius 2 is 0.697 bits per heavy atom. The van der Waals surface area contributed by atoms with Crippen molar-refractivity contribution in [1.29, 1.82) is 0 Å². The van der Waals surface area contributed by atoms with Gasteiger partial charge in [0.1, 0.15) is 40.6 Å². The van der Waals surface area contributed by atoms with Gasteiger partial charge in [-0.1, -0.05) is 24.3 Å². The summed E-state index contributed by atoms with van der Waals surface area (Å²) in [7, 11) is -3.74. The smallest absolute Gasteiger partial charge is 0.519 e. The number of rotatable bonds is 5. The van der Waals surface area contributed by atoms with Gasteiger partial charge < -0.3 is 9.31 Å². The zero-order valence-electron chi connectivity index (χ0n) is 31.2. The van der Waals surface area contributed by atoms with Gasteiger partial charge in [0.05, 0.1) is 43.2 Å². The van der Waals surface area contributed by atoms with Crippen LogP contribution in [0.15, 0.2) is 48.5 Å². The monoisotopic (exact) mass is 940 g/mol. The molecule has 332 valence electrons. The lowest BCUT2D eigenvalue weighted by molar-refractivity contribution is 0.382. The zero-order chi connectivity index (χ0) is 47.4. The maximum atomic E-state index is 16.7. The quantitative estimate of drug-likeness (QED) is 0.0427. The van der Waals surface area contributed by atoms with Crippen LogP contribution in [0.5, 0.6) is 11.5 Å². The number of halogens is 19. The summed E-state index contributed by atoms with van der Waals surface area (Å²) in [5.41, 5.74) is -2.31. The van der Waals surface area contributed by atoms with Gasteiger partial charge in [-0.2, -0.15) is 8.78 Å². The molecule has 10 aromatic rings. The van der Waals surface area contributed by atoms with E-state index < -0.39 is 205 Å². The van der Waals surface area contributed by atoms with Crippen LogP contribution < -0.4 is 14.8 Å². The molecule has 66 heavy (non-hydrogen) atoms. The second-order valence-electron chi connectivity index (χ2n) is 14.5. The summed E-state index contributed by atoms with van der Waals surface area (Å²) in [4.78, 5) is 0. The fraction of sp³-hybridized carbons (Fsp3) is 0. The van der Waals surface area contributed by atoms with Crippen molar-refractivity contribution in [2.24, 2.45) is 0 Å². The minimum Gasteiger partial charge on any atom is -0.519 e. The first kappa shape index (κ1) is 42.6. The molecule has 0 spiro atoms. The van der Waals surface area contributed by atoms with Crippen molar-refractivity contribution in [3.05, 3.63) is 159 Å². The topological polar surface area (TPSA) is 18.5 Å². The van der Waals surface area contributed by atoms with Crippen LogP contribution in [0.2, 0.25) is 0 Å². The van der Waals surface area contributed by atoms with Crippen LogP contribution in [0.3, 0.4) is 0 Å². The summed E-state index contributed by atoms with van der Waals surface area (Å²) in [6.45, 7) is 0. The van der Waals surface area contributed by atoms with Gasteiger partial charge >= 0.3 is 7.12 Å². The average Bonchev–Trinajstić information content (AvgIpc) is 3.28. The van der Waals surface area contributed by atoms with Crippen molar-refractivity contribution < 1.29 is 92.7 Å². The van der Waals surface area contributed by atoms with Gasteiger partial charge in [0.25, 0.3) is 0 Å². The van der Waals surface area contributed by atoms with Crippen LogP contribution in [-0.4, -0.2) is 7.12 Å². The molecule has 0 aromatic heterocycles. The number of hydrogen-bond acceptors (Lipinski definition) is 2. The normalized spacial score (nSPS) is 12.2. The maximum Gasteiger partial charge on any atom is 0.636 e. The largest absolute Gasteiger partial charge is 0.636 e. The Kier molecular flexibility index (Phi) is 9.23. The van der Waals surface area contributed by atoms with Crippen molar-refractivity contribution in [2.75, 3.05) is 0 Å². The molecule has 0 radical (unpaired) electrons. The maximum absolute atomic E-state index is 16.7. The molecule has 0 aliphatic heterocycles. The van der Waals surface area contributed by atoms with E-state index in [1.807, 2.05) is 0 Å². The van der Waals surface area contributed by atoms with Gasteiger partial charge in [0.15, 0.2) is 75.6 Å². The molecule has 0 heterocycles. The van der Waals surface area contributed by atoms with Gasteiger partial charge in [0, 0.05) is 26.9 Å². The first-order valence-corrected chi connectivity index (χ1v) is 18.2. The Morgan fingerprint density at radius 3 is 1.33 bits per heavy atom. The minimum absolute atomic E-state index is 0.228. The van der Waals surface area contributed by atoms with Crippen molar-refractivity contribution in [2.45, 2.75) is 0 Å². The summed E-state index contributed by atoms with van der Waals surface area (Å²) >= 11 is 0. The Labute approximate surface area is 351 Å². The van der Waals surface area contributed by atoms with Gasteiger partial charge in [-0.05, 0) is 35.0 Å². The first-order chi connectivity index (χ1) is 31.2. The van der Waals surface area contributed by atoms with Crippen LogP contribution in [0.25, 0.3) is 75.4 Å². The Hall–Kier alpha value is -7.39. The molecule has 0 atom stereocenters. The highest BCUT2D eigenvalue weighted by atomic mass is 19.2. The van der Waals surface area contributed by atoms with E-state index in [2.05, 4.69) is 0 Å². The summed E-state index contributed by atoms with van der Waals surface area (Å²) in [6.07, 6.45) is 0. The predicted molar refractivity (Wildman–Crippen MR) is 199 cm³/mol. The number of benzene rings is 10. The molecule has 2 nitrogen and oxygen atoms in total. The molecular formula is C44H8BF19O2. The lowest BCUT2D eigenvalue weighted by atomic mass is 9.73. The van der Waals surface area contributed by atoms with Crippen LogP contribution in [0.1, 0.15) is 0 Å². The predicted octanol–water partition coefficient (Wildman–Crippen LogP) is 13.7. The molecule has 22 heteroatoms. The third-order valence-electron chi connectivity index (χ3n) is 11.2. The van der Waals surface area contributed by atoms with Crippen LogP contribution in [-0.2, 0) is 0 Å². The van der Waals surface area contributed by atoms with Crippen molar-refractivity contribution in [1.82, 2.24) is 0 Å². The van der Waals surface area contributed by atoms with E-state index in [4.69, 9.17) is 9.31 Å². The van der Waals surface area contributed by atoms with Crippen molar-refractivity contribution in [3.63, 3.8) is 0 Å². The molecule has 10 rings (SSSR count). The Balaban J connectivity index is 1.38. The number of hydrogen-bond donors (Lipinski definition) is 0.